The van der Waals surface area contributed by atoms with Gasteiger partial charge < -0.3 is 10.1 Å². The van der Waals surface area contributed by atoms with Crippen molar-refractivity contribution in [3.63, 3.8) is 0 Å². The van der Waals surface area contributed by atoms with Gasteiger partial charge in [0, 0.05) is 12.1 Å². The molecular formula is C15H22ClNO. The molecule has 0 heterocycles. The zero-order chi connectivity index (χ0) is 13.5. The van der Waals surface area contributed by atoms with Gasteiger partial charge in [0.05, 0.1) is 5.02 Å². The van der Waals surface area contributed by atoms with Gasteiger partial charge in [-0.05, 0) is 25.5 Å². The molecule has 0 amide bonds. The highest BCUT2D eigenvalue weighted by molar-refractivity contribution is 6.32. The van der Waals surface area contributed by atoms with Crippen LogP contribution >= 0.6 is 11.6 Å². The van der Waals surface area contributed by atoms with Crippen LogP contribution in [0.2, 0.25) is 5.02 Å². The second kappa shape index (κ2) is 7.45. The molecule has 0 aliphatic carbocycles. The van der Waals surface area contributed by atoms with E-state index in [0.717, 1.165) is 24.4 Å². The van der Waals surface area contributed by atoms with Gasteiger partial charge in [-0.2, -0.15) is 0 Å². The van der Waals surface area contributed by atoms with Gasteiger partial charge in [0.25, 0.3) is 0 Å². The van der Waals surface area contributed by atoms with E-state index in [-0.39, 0.29) is 6.10 Å². The van der Waals surface area contributed by atoms with Crippen LogP contribution in [0.4, 0.5) is 0 Å². The summed E-state index contributed by atoms with van der Waals surface area (Å²) in [5, 5.41) is 4.04. The van der Waals surface area contributed by atoms with E-state index in [9.17, 15) is 0 Å². The van der Waals surface area contributed by atoms with E-state index in [4.69, 9.17) is 16.3 Å². The SMILES string of the molecule is C=CC(C)Oc1c(Cl)cccc1CNCC(C)C. The van der Waals surface area contributed by atoms with E-state index in [1.807, 2.05) is 25.1 Å². The van der Waals surface area contributed by atoms with E-state index in [1.54, 1.807) is 6.08 Å². The molecule has 100 valence electrons. The second-order valence-corrected chi connectivity index (χ2v) is 5.22. The molecule has 2 nitrogen and oxygen atoms in total. The van der Waals surface area contributed by atoms with Crippen molar-refractivity contribution in [2.75, 3.05) is 6.54 Å². The van der Waals surface area contributed by atoms with Crippen LogP contribution in [0.3, 0.4) is 0 Å². The van der Waals surface area contributed by atoms with Crippen LogP contribution < -0.4 is 10.1 Å². The van der Waals surface area contributed by atoms with Gasteiger partial charge >= 0.3 is 0 Å². The van der Waals surface area contributed by atoms with Crippen LogP contribution in [-0.2, 0) is 6.54 Å². The Kier molecular flexibility index (Phi) is 6.23. The largest absolute Gasteiger partial charge is 0.485 e. The minimum absolute atomic E-state index is 0.0475. The summed E-state index contributed by atoms with van der Waals surface area (Å²) in [7, 11) is 0. The summed E-state index contributed by atoms with van der Waals surface area (Å²) in [5.41, 5.74) is 1.08. The van der Waals surface area contributed by atoms with Gasteiger partial charge in [-0.25, -0.2) is 0 Å². The van der Waals surface area contributed by atoms with E-state index in [2.05, 4.69) is 25.7 Å². The zero-order valence-corrected chi connectivity index (χ0v) is 12.1. The Morgan fingerprint density at radius 2 is 2.11 bits per heavy atom. The highest BCUT2D eigenvalue weighted by atomic mass is 35.5. The third kappa shape index (κ3) is 4.71. The van der Waals surface area contributed by atoms with Crippen molar-refractivity contribution in [3.8, 4) is 5.75 Å². The summed E-state index contributed by atoms with van der Waals surface area (Å²) in [4.78, 5) is 0. The van der Waals surface area contributed by atoms with Crippen LogP contribution in [0.5, 0.6) is 5.75 Å². The second-order valence-electron chi connectivity index (χ2n) is 4.81. The lowest BCUT2D eigenvalue weighted by Gasteiger charge is -2.17. The number of nitrogens with one attached hydrogen (secondary N) is 1. The zero-order valence-electron chi connectivity index (χ0n) is 11.4. The predicted molar refractivity (Wildman–Crippen MR) is 78.3 cm³/mol. The van der Waals surface area contributed by atoms with Gasteiger partial charge in [0.2, 0.25) is 0 Å². The molecule has 0 aliphatic rings. The first-order valence-corrected chi connectivity index (χ1v) is 6.69. The van der Waals surface area contributed by atoms with Crippen molar-refractivity contribution in [1.82, 2.24) is 5.32 Å². The Hall–Kier alpha value is -0.990. The van der Waals surface area contributed by atoms with Gasteiger partial charge in [0.15, 0.2) is 0 Å². The standard InChI is InChI=1S/C15H22ClNO/c1-5-12(4)18-15-13(7-6-8-14(15)16)10-17-9-11(2)3/h5-8,11-12,17H,1,9-10H2,2-4H3. The lowest BCUT2D eigenvalue weighted by atomic mass is 10.1. The first-order chi connectivity index (χ1) is 8.54. The van der Waals surface area contributed by atoms with Crippen LogP contribution in [0.25, 0.3) is 0 Å². The van der Waals surface area contributed by atoms with Crippen molar-refractivity contribution >= 4 is 11.6 Å². The first kappa shape index (κ1) is 15.1. The molecule has 1 N–H and O–H groups in total. The maximum Gasteiger partial charge on any atom is 0.143 e. The molecule has 1 aromatic rings. The summed E-state index contributed by atoms with van der Waals surface area (Å²) in [5.74, 6) is 1.38. The maximum absolute atomic E-state index is 6.18. The molecule has 0 aromatic heterocycles. The highest BCUT2D eigenvalue weighted by Crippen LogP contribution is 2.29. The number of benzene rings is 1. The highest BCUT2D eigenvalue weighted by Gasteiger charge is 2.10. The molecule has 0 saturated carbocycles. The van der Waals surface area contributed by atoms with E-state index < -0.39 is 0 Å². The molecule has 0 radical (unpaired) electrons. The molecule has 0 aliphatic heterocycles. The fraction of sp³-hybridized carbons (Fsp3) is 0.467. The maximum atomic E-state index is 6.18. The molecule has 0 bridgehead atoms. The molecule has 0 saturated heterocycles. The quantitative estimate of drug-likeness (QED) is 0.753. The topological polar surface area (TPSA) is 21.3 Å². The van der Waals surface area contributed by atoms with E-state index in [1.165, 1.54) is 0 Å². The Bertz CT molecular complexity index is 390. The molecular weight excluding hydrogens is 246 g/mol. The lowest BCUT2D eigenvalue weighted by molar-refractivity contribution is 0.267. The third-order valence-corrected chi connectivity index (χ3v) is 2.85. The Morgan fingerprint density at radius 1 is 1.39 bits per heavy atom. The Balaban J connectivity index is 2.76. The fourth-order valence-corrected chi connectivity index (χ4v) is 1.79. The molecule has 1 aromatic carbocycles. The Labute approximate surface area is 115 Å². The van der Waals surface area contributed by atoms with Gasteiger partial charge in [-0.15, -0.1) is 0 Å². The average Bonchev–Trinajstić information content (AvgIpc) is 2.32. The molecule has 0 spiro atoms. The van der Waals surface area contributed by atoms with Crippen LogP contribution in [-0.4, -0.2) is 12.6 Å². The number of halogens is 1. The van der Waals surface area contributed by atoms with Gasteiger partial charge in [0.1, 0.15) is 11.9 Å². The molecule has 3 heteroatoms. The molecule has 0 fully saturated rings. The van der Waals surface area contributed by atoms with Crippen molar-refractivity contribution in [2.45, 2.75) is 33.4 Å². The third-order valence-electron chi connectivity index (χ3n) is 2.55. The number of hydrogen-bond donors (Lipinski definition) is 1. The number of hydrogen-bond acceptors (Lipinski definition) is 2. The van der Waals surface area contributed by atoms with Crippen molar-refractivity contribution in [2.24, 2.45) is 5.92 Å². The van der Waals surface area contributed by atoms with Crippen molar-refractivity contribution in [1.29, 1.82) is 0 Å². The van der Waals surface area contributed by atoms with Crippen LogP contribution in [0.1, 0.15) is 26.3 Å². The van der Waals surface area contributed by atoms with Gasteiger partial charge in [-0.3, -0.25) is 0 Å². The molecule has 1 unspecified atom stereocenters. The summed E-state index contributed by atoms with van der Waals surface area (Å²) >= 11 is 6.18. The molecule has 1 rings (SSSR count). The van der Waals surface area contributed by atoms with Crippen molar-refractivity contribution in [3.05, 3.63) is 41.4 Å². The molecule has 18 heavy (non-hydrogen) atoms. The summed E-state index contributed by atoms with van der Waals surface area (Å²) in [6.45, 7) is 11.8. The van der Waals surface area contributed by atoms with Gasteiger partial charge in [-0.1, -0.05) is 50.2 Å². The normalized spacial score (nSPS) is 12.5. The average molecular weight is 268 g/mol. The number of para-hydroxylation sites is 1. The smallest absolute Gasteiger partial charge is 0.143 e. The Morgan fingerprint density at radius 3 is 2.72 bits per heavy atom. The lowest BCUT2D eigenvalue weighted by Crippen LogP contribution is -2.20. The summed E-state index contributed by atoms with van der Waals surface area (Å²) < 4.78 is 5.79. The fourth-order valence-electron chi connectivity index (χ4n) is 1.55. The van der Waals surface area contributed by atoms with Crippen molar-refractivity contribution < 1.29 is 4.74 Å². The van der Waals surface area contributed by atoms with E-state index >= 15 is 0 Å². The predicted octanol–water partition coefficient (Wildman–Crippen LogP) is 4.04. The van der Waals surface area contributed by atoms with E-state index in [0.29, 0.717) is 10.9 Å². The summed E-state index contributed by atoms with van der Waals surface area (Å²) in [6, 6.07) is 5.82. The monoisotopic (exact) mass is 267 g/mol. The molecule has 1 atom stereocenters. The minimum atomic E-state index is -0.0475. The van der Waals surface area contributed by atoms with Crippen LogP contribution in [0, 0.1) is 5.92 Å². The summed E-state index contributed by atoms with van der Waals surface area (Å²) in [6.07, 6.45) is 1.71. The minimum Gasteiger partial charge on any atom is -0.485 e. The van der Waals surface area contributed by atoms with Crippen LogP contribution in [0.15, 0.2) is 30.9 Å². The first-order valence-electron chi connectivity index (χ1n) is 6.32. The number of rotatable bonds is 7. The number of ether oxygens (including phenoxy) is 1.